The van der Waals surface area contributed by atoms with Crippen molar-refractivity contribution in [2.45, 2.75) is 77.7 Å². The Morgan fingerprint density at radius 2 is 1.37 bits per heavy atom. The molecule has 0 radical (unpaired) electrons. The van der Waals surface area contributed by atoms with Crippen molar-refractivity contribution in [1.29, 1.82) is 0 Å². The van der Waals surface area contributed by atoms with Crippen LogP contribution in [0.1, 0.15) is 71.6 Å². The molecule has 1 atom stereocenters. The molecule has 0 heterocycles. The number of carboxylic acids is 1. The molecular weight excluding hydrogens is 500 g/mol. The van der Waals surface area contributed by atoms with Crippen LogP contribution >= 0.6 is 0 Å². The number of ether oxygens (including phenoxy) is 4. The molecule has 12 heteroatoms. The van der Waals surface area contributed by atoms with Crippen molar-refractivity contribution < 1.29 is 48.0 Å². The monoisotopic (exact) mass is 546 g/mol. The highest BCUT2D eigenvalue weighted by atomic mass is 16.5. The van der Waals surface area contributed by atoms with E-state index < -0.39 is 12.0 Å². The normalized spacial score (nSPS) is 11.6. The molecule has 2 amide bonds. The van der Waals surface area contributed by atoms with Crippen molar-refractivity contribution in [2.24, 2.45) is 0 Å². The Morgan fingerprint density at radius 1 is 0.711 bits per heavy atom. The number of aliphatic carboxylic acids is 1. The predicted octanol–water partition coefficient (Wildman–Crippen LogP) is 1.43. The lowest BCUT2D eigenvalue weighted by atomic mass is 10.1. The second kappa shape index (κ2) is 24.9. The third-order valence-corrected chi connectivity index (χ3v) is 5.20. The van der Waals surface area contributed by atoms with Crippen LogP contribution in [0.5, 0.6) is 0 Å². The van der Waals surface area contributed by atoms with Gasteiger partial charge in [0, 0.05) is 32.4 Å². The summed E-state index contributed by atoms with van der Waals surface area (Å²) in [5, 5.41) is 14.4. The summed E-state index contributed by atoms with van der Waals surface area (Å²) >= 11 is 0. The summed E-state index contributed by atoms with van der Waals surface area (Å²) in [6.45, 7) is 5.61. The van der Waals surface area contributed by atoms with Crippen molar-refractivity contribution in [3.8, 4) is 0 Å². The molecule has 0 bridgehead atoms. The number of carbonyl (C=O) groups is 5. The van der Waals surface area contributed by atoms with Crippen molar-refractivity contribution in [1.82, 2.24) is 10.6 Å². The van der Waals surface area contributed by atoms with E-state index in [1.54, 1.807) is 0 Å². The molecule has 0 saturated carbocycles. The van der Waals surface area contributed by atoms with Crippen molar-refractivity contribution in [2.75, 3.05) is 59.4 Å². The van der Waals surface area contributed by atoms with Gasteiger partial charge in [-0.3, -0.25) is 19.2 Å². The number of Topliss-reactive ketones (excluding diaryl/α,β-unsaturated/α-hetero) is 2. The van der Waals surface area contributed by atoms with Crippen LogP contribution in [0.4, 0.5) is 0 Å². The minimum atomic E-state index is -1.14. The van der Waals surface area contributed by atoms with E-state index in [1.807, 2.05) is 0 Å². The van der Waals surface area contributed by atoms with E-state index in [2.05, 4.69) is 17.6 Å². The predicted molar refractivity (Wildman–Crippen MR) is 139 cm³/mol. The lowest BCUT2D eigenvalue weighted by molar-refractivity contribution is -0.142. The van der Waals surface area contributed by atoms with Crippen molar-refractivity contribution >= 4 is 29.4 Å². The van der Waals surface area contributed by atoms with Gasteiger partial charge in [-0.15, -0.1) is 0 Å². The molecule has 0 aromatic rings. The van der Waals surface area contributed by atoms with Crippen LogP contribution in [0.3, 0.4) is 0 Å². The van der Waals surface area contributed by atoms with Gasteiger partial charge in [0.25, 0.3) is 0 Å². The van der Waals surface area contributed by atoms with Crippen LogP contribution in [0.15, 0.2) is 0 Å². The number of hydrogen-bond donors (Lipinski definition) is 3. The summed E-state index contributed by atoms with van der Waals surface area (Å²) in [7, 11) is 0. The zero-order chi connectivity index (χ0) is 28.4. The average molecular weight is 547 g/mol. The first kappa shape index (κ1) is 35.6. The lowest BCUT2D eigenvalue weighted by Crippen LogP contribution is -2.41. The number of hydrogen-bond acceptors (Lipinski definition) is 9. The third kappa shape index (κ3) is 24.0. The van der Waals surface area contributed by atoms with E-state index in [0.717, 1.165) is 25.7 Å². The number of amides is 2. The number of unbranched alkanes of at least 4 members (excludes halogenated alkanes) is 3. The standard InChI is InChI=1S/C26H46N2O10/c1-3-4-5-6-9-24(31)28-23(26(33)34)11-10-22(30)8-7-13-35-15-18-38-20-25(32)27-12-14-36-16-17-37-19-21(2)29/h23H,3-20H2,1-2H3,(H,27,32)(H,28,31)(H,33,34)/t23-/m0/s1. The fourth-order valence-electron chi connectivity index (χ4n) is 3.17. The quantitative estimate of drug-likeness (QED) is 0.128. The maximum atomic E-state index is 12.1. The maximum Gasteiger partial charge on any atom is 0.326 e. The highest BCUT2D eigenvalue weighted by molar-refractivity contribution is 5.84. The summed E-state index contributed by atoms with van der Waals surface area (Å²) in [5.74, 6) is -1.85. The first-order valence-corrected chi connectivity index (χ1v) is 13.4. The van der Waals surface area contributed by atoms with Crippen LogP contribution in [0.25, 0.3) is 0 Å². The van der Waals surface area contributed by atoms with Crippen molar-refractivity contribution in [3.05, 3.63) is 0 Å². The molecule has 0 aliphatic carbocycles. The molecule has 0 aliphatic rings. The minimum Gasteiger partial charge on any atom is -0.480 e. The SMILES string of the molecule is CCCCCCC(=O)N[C@@H](CCC(=O)CCCOCCOCC(=O)NCCOCCOCC(C)=O)C(=O)O. The zero-order valence-electron chi connectivity index (χ0n) is 22.9. The number of carboxylic acid groups (broad SMARTS) is 1. The van der Waals surface area contributed by atoms with Crippen LogP contribution < -0.4 is 10.6 Å². The molecule has 0 aromatic carbocycles. The van der Waals surface area contributed by atoms with E-state index in [-0.39, 0.29) is 69.1 Å². The Morgan fingerprint density at radius 3 is 2.03 bits per heavy atom. The molecule has 0 rings (SSSR count). The Kier molecular flexibility index (Phi) is 23.3. The molecule has 3 N–H and O–H groups in total. The van der Waals surface area contributed by atoms with Gasteiger partial charge in [-0.1, -0.05) is 26.2 Å². The van der Waals surface area contributed by atoms with E-state index >= 15 is 0 Å². The largest absolute Gasteiger partial charge is 0.480 e. The van der Waals surface area contributed by atoms with Gasteiger partial charge >= 0.3 is 5.97 Å². The van der Waals surface area contributed by atoms with Crippen LogP contribution in [0, 0.1) is 0 Å². The van der Waals surface area contributed by atoms with E-state index in [9.17, 15) is 29.1 Å². The Bertz CT molecular complexity index is 687. The van der Waals surface area contributed by atoms with E-state index in [1.165, 1.54) is 6.92 Å². The summed E-state index contributed by atoms with van der Waals surface area (Å²) in [6.07, 6.45) is 4.92. The fraction of sp³-hybridized carbons (Fsp3) is 0.808. The van der Waals surface area contributed by atoms with E-state index in [0.29, 0.717) is 45.8 Å². The maximum absolute atomic E-state index is 12.1. The highest BCUT2D eigenvalue weighted by Gasteiger charge is 2.20. The van der Waals surface area contributed by atoms with Gasteiger partial charge in [0.15, 0.2) is 5.78 Å². The van der Waals surface area contributed by atoms with Crippen molar-refractivity contribution in [3.63, 3.8) is 0 Å². The minimum absolute atomic E-state index is 0.0481. The number of nitrogens with one attached hydrogen (secondary N) is 2. The summed E-state index contributed by atoms with van der Waals surface area (Å²) in [5.41, 5.74) is 0. The average Bonchev–Trinajstić information content (AvgIpc) is 2.87. The number of ketones is 2. The summed E-state index contributed by atoms with van der Waals surface area (Å²) in [6, 6.07) is -1.06. The van der Waals surface area contributed by atoms with Gasteiger partial charge in [0.2, 0.25) is 11.8 Å². The molecule has 0 unspecified atom stereocenters. The smallest absolute Gasteiger partial charge is 0.326 e. The Hall–Kier alpha value is -2.41. The zero-order valence-corrected chi connectivity index (χ0v) is 22.9. The van der Waals surface area contributed by atoms with Crippen LogP contribution in [0.2, 0.25) is 0 Å². The topological polar surface area (TPSA) is 167 Å². The molecule has 38 heavy (non-hydrogen) atoms. The van der Waals surface area contributed by atoms with Crippen LogP contribution in [-0.2, 0) is 42.9 Å². The molecule has 220 valence electrons. The second-order valence-electron chi connectivity index (χ2n) is 8.83. The molecule has 0 saturated heterocycles. The Balaban J connectivity index is 3.66. The van der Waals surface area contributed by atoms with Gasteiger partial charge in [-0.05, 0) is 26.2 Å². The van der Waals surface area contributed by atoms with Gasteiger partial charge in [-0.2, -0.15) is 0 Å². The van der Waals surface area contributed by atoms with Gasteiger partial charge < -0.3 is 34.7 Å². The number of carbonyl (C=O) groups excluding carboxylic acids is 4. The first-order valence-electron chi connectivity index (χ1n) is 13.4. The Labute approximate surface area is 225 Å². The second-order valence-corrected chi connectivity index (χ2v) is 8.83. The number of rotatable bonds is 27. The molecule has 12 nitrogen and oxygen atoms in total. The molecule has 0 aliphatic heterocycles. The lowest BCUT2D eigenvalue weighted by Gasteiger charge is -2.14. The summed E-state index contributed by atoms with van der Waals surface area (Å²) < 4.78 is 20.9. The van der Waals surface area contributed by atoms with Gasteiger partial charge in [0.1, 0.15) is 25.0 Å². The first-order chi connectivity index (χ1) is 18.3. The molecular formula is C26H46N2O10. The summed E-state index contributed by atoms with van der Waals surface area (Å²) in [4.78, 5) is 57.7. The van der Waals surface area contributed by atoms with Gasteiger partial charge in [0.05, 0.1) is 33.0 Å². The van der Waals surface area contributed by atoms with Crippen LogP contribution in [-0.4, -0.2) is 99.9 Å². The third-order valence-electron chi connectivity index (χ3n) is 5.20. The fourth-order valence-corrected chi connectivity index (χ4v) is 3.17. The highest BCUT2D eigenvalue weighted by Crippen LogP contribution is 2.06. The molecule has 0 aromatic heterocycles. The van der Waals surface area contributed by atoms with E-state index in [4.69, 9.17) is 18.9 Å². The van der Waals surface area contributed by atoms with Gasteiger partial charge in [-0.25, -0.2) is 4.79 Å². The molecule has 0 fully saturated rings. The molecule has 0 spiro atoms.